The SMILES string of the molecule is Cc1oc(Oc2cccc(Br)c2)nc1CN(Cc1ccc(OC(C)(C)C(=O)O)cc1)Cc1nccn1C. The molecule has 0 aliphatic heterocycles. The van der Waals surface area contributed by atoms with Crippen molar-refractivity contribution >= 4 is 21.9 Å². The van der Waals surface area contributed by atoms with Crippen molar-refractivity contribution < 1.29 is 23.8 Å². The summed E-state index contributed by atoms with van der Waals surface area (Å²) >= 11 is 3.44. The molecule has 194 valence electrons. The standard InChI is InChI=1S/C27H29BrN4O5/c1-18-23(30-26(35-18)36-22-7-5-6-20(28)14-22)16-32(17-24-29-12-13-31(24)4)15-19-8-10-21(11-9-19)37-27(2,3)25(33)34/h5-14H,15-17H2,1-4H3,(H,33,34). The summed E-state index contributed by atoms with van der Waals surface area (Å²) in [5.41, 5.74) is 0.482. The summed E-state index contributed by atoms with van der Waals surface area (Å²) in [5, 5.41) is 9.32. The zero-order valence-electron chi connectivity index (χ0n) is 21.1. The smallest absolute Gasteiger partial charge is 0.399 e. The van der Waals surface area contributed by atoms with Crippen LogP contribution in [0.1, 0.15) is 36.7 Å². The minimum atomic E-state index is -1.31. The fourth-order valence-electron chi connectivity index (χ4n) is 3.61. The number of nitrogens with zero attached hydrogens (tertiary/aromatic N) is 4. The van der Waals surface area contributed by atoms with Crippen LogP contribution in [-0.2, 0) is 31.5 Å². The molecule has 0 spiro atoms. The molecular formula is C27H29BrN4O5. The molecule has 0 unspecified atom stereocenters. The maximum atomic E-state index is 11.4. The minimum Gasteiger partial charge on any atom is -0.478 e. The molecule has 0 atom stereocenters. The van der Waals surface area contributed by atoms with E-state index >= 15 is 0 Å². The predicted octanol–water partition coefficient (Wildman–Crippen LogP) is 5.72. The Balaban J connectivity index is 1.51. The zero-order chi connectivity index (χ0) is 26.6. The van der Waals surface area contributed by atoms with Crippen LogP contribution in [0.5, 0.6) is 17.6 Å². The van der Waals surface area contributed by atoms with Gasteiger partial charge < -0.3 is 23.6 Å². The number of aromatic nitrogens is 3. The lowest BCUT2D eigenvalue weighted by Gasteiger charge is -2.23. The van der Waals surface area contributed by atoms with Gasteiger partial charge in [0.05, 0.1) is 12.2 Å². The van der Waals surface area contributed by atoms with E-state index in [4.69, 9.17) is 13.9 Å². The summed E-state index contributed by atoms with van der Waals surface area (Å²) in [6.07, 6.45) is 3.87. The van der Waals surface area contributed by atoms with Gasteiger partial charge in [-0.15, -0.1) is 0 Å². The van der Waals surface area contributed by atoms with Crippen molar-refractivity contribution in [3.63, 3.8) is 0 Å². The van der Waals surface area contributed by atoms with E-state index in [2.05, 4.69) is 30.8 Å². The van der Waals surface area contributed by atoms with Gasteiger partial charge in [-0.05, 0) is 56.7 Å². The van der Waals surface area contributed by atoms with E-state index in [0.717, 1.165) is 21.6 Å². The Labute approximate surface area is 223 Å². The predicted molar refractivity (Wildman–Crippen MR) is 140 cm³/mol. The normalized spacial score (nSPS) is 11.6. The molecule has 2 aromatic heterocycles. The molecule has 9 nitrogen and oxygen atoms in total. The highest BCUT2D eigenvalue weighted by Gasteiger charge is 2.29. The lowest BCUT2D eigenvalue weighted by atomic mass is 10.1. The van der Waals surface area contributed by atoms with Crippen LogP contribution in [0.15, 0.2) is 69.8 Å². The van der Waals surface area contributed by atoms with E-state index in [1.165, 1.54) is 13.8 Å². The summed E-state index contributed by atoms with van der Waals surface area (Å²) in [4.78, 5) is 22.6. The Morgan fingerprint density at radius 3 is 2.54 bits per heavy atom. The van der Waals surface area contributed by atoms with Gasteiger partial charge in [-0.1, -0.05) is 34.1 Å². The molecule has 0 radical (unpaired) electrons. The first-order valence-electron chi connectivity index (χ1n) is 11.7. The number of halogens is 1. The summed E-state index contributed by atoms with van der Waals surface area (Å²) in [5.74, 6) is 1.68. The van der Waals surface area contributed by atoms with E-state index in [1.807, 2.05) is 61.1 Å². The third-order valence-corrected chi connectivity index (χ3v) is 6.24. The molecule has 0 bridgehead atoms. The number of carboxylic acid groups (broad SMARTS) is 1. The summed E-state index contributed by atoms with van der Waals surface area (Å²) in [6, 6.07) is 14.9. The number of aliphatic carboxylic acids is 1. The molecule has 10 heteroatoms. The van der Waals surface area contributed by atoms with Crippen molar-refractivity contribution in [3.05, 3.63) is 88.2 Å². The minimum absolute atomic E-state index is 0.185. The van der Waals surface area contributed by atoms with Crippen LogP contribution in [0.4, 0.5) is 0 Å². The van der Waals surface area contributed by atoms with Gasteiger partial charge in [0.1, 0.15) is 23.1 Å². The maximum Gasteiger partial charge on any atom is 0.399 e. The van der Waals surface area contributed by atoms with Gasteiger partial charge in [-0.3, -0.25) is 4.90 Å². The highest BCUT2D eigenvalue weighted by atomic mass is 79.9. The molecule has 4 rings (SSSR count). The highest BCUT2D eigenvalue weighted by molar-refractivity contribution is 9.10. The van der Waals surface area contributed by atoms with Crippen molar-refractivity contribution in [1.29, 1.82) is 0 Å². The van der Waals surface area contributed by atoms with E-state index in [1.54, 1.807) is 18.3 Å². The topological polar surface area (TPSA) is 103 Å². The van der Waals surface area contributed by atoms with Gasteiger partial charge in [-0.2, -0.15) is 4.98 Å². The number of hydrogen-bond acceptors (Lipinski definition) is 7. The molecular weight excluding hydrogens is 540 g/mol. The number of hydrogen-bond donors (Lipinski definition) is 1. The zero-order valence-corrected chi connectivity index (χ0v) is 22.7. The number of oxazole rings is 1. The van der Waals surface area contributed by atoms with E-state index < -0.39 is 11.6 Å². The van der Waals surface area contributed by atoms with Gasteiger partial charge in [0.25, 0.3) is 0 Å². The molecule has 0 amide bonds. The van der Waals surface area contributed by atoms with Crippen molar-refractivity contribution in [2.45, 2.75) is 46.0 Å². The van der Waals surface area contributed by atoms with Crippen LogP contribution < -0.4 is 9.47 Å². The van der Waals surface area contributed by atoms with Crippen LogP contribution in [0.25, 0.3) is 0 Å². The van der Waals surface area contributed by atoms with Gasteiger partial charge in [0.2, 0.25) is 0 Å². The monoisotopic (exact) mass is 568 g/mol. The van der Waals surface area contributed by atoms with E-state index in [9.17, 15) is 9.90 Å². The second-order valence-corrected chi connectivity index (χ2v) is 10.1. The first-order chi connectivity index (χ1) is 17.6. The number of carboxylic acids is 1. The molecule has 2 aromatic carbocycles. The van der Waals surface area contributed by atoms with Crippen molar-refractivity contribution in [1.82, 2.24) is 19.4 Å². The van der Waals surface area contributed by atoms with Gasteiger partial charge in [0, 0.05) is 37.0 Å². The van der Waals surface area contributed by atoms with E-state index in [-0.39, 0.29) is 6.08 Å². The number of rotatable bonds is 11. The Morgan fingerprint density at radius 2 is 1.89 bits per heavy atom. The summed E-state index contributed by atoms with van der Waals surface area (Å²) in [7, 11) is 1.96. The molecule has 37 heavy (non-hydrogen) atoms. The van der Waals surface area contributed by atoms with Gasteiger partial charge in [-0.25, -0.2) is 9.78 Å². The number of carbonyl (C=O) groups is 1. The van der Waals surface area contributed by atoms with Gasteiger partial charge >= 0.3 is 12.0 Å². The lowest BCUT2D eigenvalue weighted by molar-refractivity contribution is -0.152. The van der Waals surface area contributed by atoms with Gasteiger partial charge in [0.15, 0.2) is 5.60 Å². The number of imidazole rings is 1. The van der Waals surface area contributed by atoms with Crippen LogP contribution in [0, 0.1) is 6.92 Å². The second kappa shape index (κ2) is 11.2. The largest absolute Gasteiger partial charge is 0.478 e. The van der Waals surface area contributed by atoms with E-state index in [0.29, 0.717) is 36.9 Å². The molecule has 4 aromatic rings. The first-order valence-corrected chi connectivity index (χ1v) is 12.5. The Hall–Kier alpha value is -3.63. The van der Waals surface area contributed by atoms with Crippen LogP contribution in [-0.4, -0.2) is 36.1 Å². The van der Waals surface area contributed by atoms with Crippen LogP contribution >= 0.6 is 15.9 Å². The number of ether oxygens (including phenoxy) is 2. The molecule has 0 fully saturated rings. The maximum absolute atomic E-state index is 11.4. The van der Waals surface area contributed by atoms with Crippen LogP contribution in [0.2, 0.25) is 0 Å². The number of benzene rings is 2. The summed E-state index contributed by atoms with van der Waals surface area (Å²) in [6.45, 7) is 6.60. The number of aryl methyl sites for hydroxylation is 2. The molecule has 0 aliphatic rings. The Kier molecular flexibility index (Phi) is 7.99. The first kappa shape index (κ1) is 26.4. The Morgan fingerprint density at radius 1 is 1.14 bits per heavy atom. The Bertz CT molecular complexity index is 1360. The molecule has 2 heterocycles. The molecule has 0 saturated carbocycles. The third-order valence-electron chi connectivity index (χ3n) is 5.75. The van der Waals surface area contributed by atoms with Crippen LogP contribution in [0.3, 0.4) is 0 Å². The average molecular weight is 569 g/mol. The highest BCUT2D eigenvalue weighted by Crippen LogP contribution is 2.27. The summed E-state index contributed by atoms with van der Waals surface area (Å²) < 4.78 is 20.1. The molecule has 1 N–H and O–H groups in total. The fraction of sp³-hybridized carbons (Fsp3) is 0.296. The average Bonchev–Trinajstić information content (AvgIpc) is 3.39. The van der Waals surface area contributed by atoms with Crippen molar-refractivity contribution in [3.8, 4) is 17.6 Å². The lowest BCUT2D eigenvalue weighted by Crippen LogP contribution is -2.37. The van der Waals surface area contributed by atoms with Crippen molar-refractivity contribution in [2.24, 2.45) is 7.05 Å². The molecule has 0 aliphatic carbocycles. The molecule has 0 saturated heterocycles. The second-order valence-electron chi connectivity index (χ2n) is 9.20. The van der Waals surface area contributed by atoms with Crippen molar-refractivity contribution in [2.75, 3.05) is 0 Å². The fourth-order valence-corrected chi connectivity index (χ4v) is 3.99. The quantitative estimate of drug-likeness (QED) is 0.245. The third kappa shape index (κ3) is 6.99.